The highest BCUT2D eigenvalue weighted by atomic mass is 19.1. The minimum atomic E-state index is -0.746. The van der Waals surface area contributed by atoms with Crippen LogP contribution in [-0.2, 0) is 4.79 Å². The Hall–Kier alpha value is -2.95. The molecule has 0 aliphatic heterocycles. The summed E-state index contributed by atoms with van der Waals surface area (Å²) < 4.78 is 13.4. The lowest BCUT2D eigenvalue weighted by Crippen LogP contribution is -2.23. The van der Waals surface area contributed by atoms with Gasteiger partial charge in [0.2, 0.25) is 0 Å². The topological polar surface area (TPSA) is 62.0 Å². The van der Waals surface area contributed by atoms with Crippen LogP contribution in [0.4, 0.5) is 10.1 Å². The average Bonchev–Trinajstić information content (AvgIpc) is 2.93. The van der Waals surface area contributed by atoms with Crippen LogP contribution >= 0.6 is 0 Å². The predicted octanol–water partition coefficient (Wildman–Crippen LogP) is 3.75. The third-order valence-electron chi connectivity index (χ3n) is 3.74. The second-order valence-corrected chi connectivity index (χ2v) is 5.49. The number of benzene rings is 2. The SMILES string of the molecule is Cc1ccc(C)c(NC(=O)C(=O)c2c[nH]c3ccc(F)cc23)c1. The van der Waals surface area contributed by atoms with Gasteiger partial charge < -0.3 is 10.3 Å². The summed E-state index contributed by atoms with van der Waals surface area (Å²) in [6.45, 7) is 3.75. The fraction of sp³-hybridized carbons (Fsp3) is 0.111. The van der Waals surface area contributed by atoms with E-state index in [2.05, 4.69) is 10.3 Å². The number of H-pyrrole nitrogens is 1. The molecule has 2 N–H and O–H groups in total. The van der Waals surface area contributed by atoms with Gasteiger partial charge in [-0.25, -0.2) is 4.39 Å². The number of hydrogen-bond acceptors (Lipinski definition) is 2. The van der Waals surface area contributed by atoms with Gasteiger partial charge in [0, 0.05) is 22.8 Å². The van der Waals surface area contributed by atoms with E-state index in [1.54, 1.807) is 6.07 Å². The minimum Gasteiger partial charge on any atom is -0.360 e. The van der Waals surface area contributed by atoms with Gasteiger partial charge in [-0.05, 0) is 49.2 Å². The Balaban J connectivity index is 1.91. The van der Waals surface area contributed by atoms with E-state index in [0.717, 1.165) is 11.1 Å². The van der Waals surface area contributed by atoms with Gasteiger partial charge in [0.05, 0.1) is 5.56 Å². The van der Waals surface area contributed by atoms with Crippen LogP contribution in [0.5, 0.6) is 0 Å². The molecule has 0 unspecified atom stereocenters. The van der Waals surface area contributed by atoms with Gasteiger partial charge in [-0.15, -0.1) is 0 Å². The average molecular weight is 310 g/mol. The number of hydrogen-bond donors (Lipinski definition) is 2. The number of aryl methyl sites for hydroxylation is 2. The largest absolute Gasteiger partial charge is 0.360 e. The van der Waals surface area contributed by atoms with Gasteiger partial charge in [0.25, 0.3) is 11.7 Å². The van der Waals surface area contributed by atoms with Crippen molar-refractivity contribution in [3.8, 4) is 0 Å². The fourth-order valence-corrected chi connectivity index (χ4v) is 2.45. The number of Topliss-reactive ketones (excluding diaryl/α,β-unsaturated/α-hetero) is 1. The second kappa shape index (κ2) is 5.68. The zero-order valence-electron chi connectivity index (χ0n) is 12.7. The van der Waals surface area contributed by atoms with Crippen LogP contribution < -0.4 is 5.32 Å². The van der Waals surface area contributed by atoms with Crippen LogP contribution in [0.25, 0.3) is 10.9 Å². The maximum absolute atomic E-state index is 13.4. The molecule has 0 aliphatic carbocycles. The van der Waals surface area contributed by atoms with Crippen molar-refractivity contribution in [1.82, 2.24) is 4.98 Å². The number of anilines is 1. The van der Waals surface area contributed by atoms with Gasteiger partial charge in [-0.1, -0.05) is 12.1 Å². The highest BCUT2D eigenvalue weighted by molar-refractivity contribution is 6.48. The van der Waals surface area contributed by atoms with E-state index in [9.17, 15) is 14.0 Å². The lowest BCUT2D eigenvalue weighted by atomic mass is 10.1. The summed E-state index contributed by atoms with van der Waals surface area (Å²) in [5, 5.41) is 3.02. The van der Waals surface area contributed by atoms with E-state index in [1.165, 1.54) is 24.4 Å². The zero-order valence-corrected chi connectivity index (χ0v) is 12.7. The molecule has 2 aromatic carbocycles. The third kappa shape index (κ3) is 2.85. The van der Waals surface area contributed by atoms with Gasteiger partial charge in [0.15, 0.2) is 0 Å². The van der Waals surface area contributed by atoms with Gasteiger partial charge in [0.1, 0.15) is 5.82 Å². The van der Waals surface area contributed by atoms with E-state index in [0.29, 0.717) is 16.6 Å². The first-order valence-electron chi connectivity index (χ1n) is 7.15. The molecule has 0 fully saturated rings. The Labute approximate surface area is 132 Å². The quantitative estimate of drug-likeness (QED) is 0.572. The van der Waals surface area contributed by atoms with E-state index < -0.39 is 17.5 Å². The van der Waals surface area contributed by atoms with Crippen LogP contribution in [-0.4, -0.2) is 16.7 Å². The normalized spacial score (nSPS) is 10.7. The molecule has 0 saturated heterocycles. The summed E-state index contributed by atoms with van der Waals surface area (Å²) in [7, 11) is 0. The van der Waals surface area contributed by atoms with Crippen molar-refractivity contribution in [2.75, 3.05) is 5.32 Å². The summed E-state index contributed by atoms with van der Waals surface area (Å²) in [5.74, 6) is -1.91. The number of carbonyl (C=O) groups excluding carboxylic acids is 2. The highest BCUT2D eigenvalue weighted by Gasteiger charge is 2.21. The first-order chi connectivity index (χ1) is 11.0. The minimum absolute atomic E-state index is 0.155. The Morgan fingerprint density at radius 2 is 1.87 bits per heavy atom. The summed E-state index contributed by atoms with van der Waals surface area (Å²) >= 11 is 0. The summed E-state index contributed by atoms with van der Waals surface area (Å²) in [4.78, 5) is 27.5. The molecule has 4 nitrogen and oxygen atoms in total. The Morgan fingerprint density at radius 3 is 2.65 bits per heavy atom. The van der Waals surface area contributed by atoms with Crippen molar-refractivity contribution in [2.45, 2.75) is 13.8 Å². The molecule has 3 aromatic rings. The van der Waals surface area contributed by atoms with Gasteiger partial charge >= 0.3 is 0 Å². The smallest absolute Gasteiger partial charge is 0.296 e. The molecule has 3 rings (SSSR count). The lowest BCUT2D eigenvalue weighted by Gasteiger charge is -2.08. The molecule has 0 saturated carbocycles. The number of carbonyl (C=O) groups is 2. The summed E-state index contributed by atoms with van der Waals surface area (Å²) in [6, 6.07) is 9.67. The molecule has 0 spiro atoms. The number of fused-ring (bicyclic) bond motifs is 1. The number of rotatable bonds is 3. The molecule has 1 heterocycles. The van der Waals surface area contributed by atoms with E-state index >= 15 is 0 Å². The maximum Gasteiger partial charge on any atom is 0.296 e. The number of ketones is 1. The molecular weight excluding hydrogens is 295 g/mol. The predicted molar refractivity (Wildman–Crippen MR) is 87.1 cm³/mol. The van der Waals surface area contributed by atoms with Crippen molar-refractivity contribution in [3.05, 3.63) is 65.1 Å². The zero-order chi connectivity index (χ0) is 16.6. The van der Waals surface area contributed by atoms with E-state index in [1.807, 2.05) is 26.0 Å². The van der Waals surface area contributed by atoms with Crippen molar-refractivity contribution in [2.24, 2.45) is 0 Å². The van der Waals surface area contributed by atoms with E-state index in [4.69, 9.17) is 0 Å². The molecule has 116 valence electrons. The van der Waals surface area contributed by atoms with Crippen molar-refractivity contribution >= 4 is 28.3 Å². The fourth-order valence-electron chi connectivity index (χ4n) is 2.45. The van der Waals surface area contributed by atoms with Crippen LogP contribution in [0, 0.1) is 19.7 Å². The summed E-state index contributed by atoms with van der Waals surface area (Å²) in [6.07, 6.45) is 1.43. The van der Waals surface area contributed by atoms with Crippen molar-refractivity contribution < 1.29 is 14.0 Å². The maximum atomic E-state index is 13.4. The number of halogens is 1. The van der Waals surface area contributed by atoms with Gasteiger partial charge in [-0.3, -0.25) is 9.59 Å². The van der Waals surface area contributed by atoms with Crippen LogP contribution in [0.1, 0.15) is 21.5 Å². The third-order valence-corrected chi connectivity index (χ3v) is 3.74. The van der Waals surface area contributed by atoms with E-state index in [-0.39, 0.29) is 5.56 Å². The number of amides is 1. The molecular formula is C18H15FN2O2. The number of aromatic amines is 1. The van der Waals surface area contributed by atoms with Crippen molar-refractivity contribution in [3.63, 3.8) is 0 Å². The Kier molecular flexibility index (Phi) is 3.70. The number of nitrogens with one attached hydrogen (secondary N) is 2. The summed E-state index contributed by atoms with van der Waals surface area (Å²) in [5.41, 5.74) is 3.19. The van der Waals surface area contributed by atoms with Gasteiger partial charge in [-0.2, -0.15) is 0 Å². The molecule has 0 atom stereocenters. The highest BCUT2D eigenvalue weighted by Crippen LogP contribution is 2.21. The lowest BCUT2D eigenvalue weighted by molar-refractivity contribution is -0.112. The molecule has 5 heteroatoms. The standard InChI is InChI=1S/C18H15FN2O2/c1-10-3-4-11(2)16(7-10)21-18(23)17(22)14-9-20-15-6-5-12(19)8-13(14)15/h3-9,20H,1-2H3,(H,21,23). The van der Waals surface area contributed by atoms with Crippen LogP contribution in [0.15, 0.2) is 42.6 Å². The molecule has 0 aliphatic rings. The molecule has 1 aromatic heterocycles. The van der Waals surface area contributed by atoms with Crippen LogP contribution in [0.2, 0.25) is 0 Å². The van der Waals surface area contributed by atoms with Crippen LogP contribution in [0.3, 0.4) is 0 Å². The molecule has 0 radical (unpaired) electrons. The second-order valence-electron chi connectivity index (χ2n) is 5.49. The number of aromatic nitrogens is 1. The van der Waals surface area contributed by atoms with Crippen molar-refractivity contribution in [1.29, 1.82) is 0 Å². The Morgan fingerprint density at radius 1 is 1.09 bits per heavy atom. The monoisotopic (exact) mass is 310 g/mol. The first-order valence-corrected chi connectivity index (χ1v) is 7.15. The molecule has 0 bridgehead atoms. The first kappa shape index (κ1) is 15.0. The Bertz CT molecular complexity index is 928. The molecule has 23 heavy (non-hydrogen) atoms. The molecule has 1 amide bonds.